The van der Waals surface area contributed by atoms with Crippen LogP contribution in [0.2, 0.25) is 0 Å². The maximum Gasteiger partial charge on any atom is 0.387 e. The van der Waals surface area contributed by atoms with Gasteiger partial charge in [-0.3, -0.25) is 0 Å². The van der Waals surface area contributed by atoms with Gasteiger partial charge in [-0.2, -0.15) is 8.78 Å². The lowest BCUT2D eigenvalue weighted by Crippen LogP contribution is -2.46. The van der Waals surface area contributed by atoms with Gasteiger partial charge in [0.25, 0.3) is 0 Å². The van der Waals surface area contributed by atoms with Crippen LogP contribution in [-0.2, 0) is 6.54 Å². The molecule has 0 atom stereocenters. The monoisotopic (exact) mass is 434 g/mol. The Morgan fingerprint density at radius 3 is 2.52 bits per heavy atom. The number of amides is 2. The second-order valence-electron chi connectivity index (χ2n) is 7.60. The number of nitrogens with zero attached hydrogens (tertiary/aromatic N) is 1. The molecular weight excluding hydrogens is 406 g/mol. The molecule has 6 nitrogen and oxygen atoms in total. The molecule has 2 aromatic carbocycles. The van der Waals surface area contributed by atoms with Crippen molar-refractivity contribution in [3.05, 3.63) is 53.1 Å². The average Bonchev–Trinajstić information content (AvgIpc) is 2.75. The van der Waals surface area contributed by atoms with Gasteiger partial charge in [0.15, 0.2) is 11.5 Å². The van der Waals surface area contributed by atoms with Crippen molar-refractivity contribution < 1.29 is 27.8 Å². The quantitative estimate of drug-likeness (QED) is 0.688. The Morgan fingerprint density at radius 1 is 1.10 bits per heavy atom. The number of ether oxygens (including phenoxy) is 3. The number of carbonyl (C=O) groups is 1. The third kappa shape index (κ3) is 6.23. The minimum Gasteiger partial charge on any atom is -0.493 e. The van der Waals surface area contributed by atoms with Crippen LogP contribution in [0.1, 0.15) is 29.5 Å². The van der Waals surface area contributed by atoms with E-state index in [-0.39, 0.29) is 30.2 Å². The van der Waals surface area contributed by atoms with Gasteiger partial charge in [0.2, 0.25) is 0 Å². The summed E-state index contributed by atoms with van der Waals surface area (Å²) in [6.07, 6.45) is 1.60. The minimum atomic E-state index is -2.93. The van der Waals surface area contributed by atoms with Crippen LogP contribution in [0, 0.1) is 13.8 Å². The summed E-state index contributed by atoms with van der Waals surface area (Å²) in [6.45, 7) is 2.59. The van der Waals surface area contributed by atoms with E-state index in [0.29, 0.717) is 13.1 Å². The summed E-state index contributed by atoms with van der Waals surface area (Å²) < 4.78 is 40.5. The lowest BCUT2D eigenvalue weighted by Gasteiger charge is -2.32. The first-order valence-electron chi connectivity index (χ1n) is 10.2. The SMILES string of the molecule is COc1cc(CNC(=O)N2CCC(Oc3cc(C)ccc3C)CC2)ccc1OC(F)F. The number of hydrogen-bond acceptors (Lipinski definition) is 4. The second kappa shape index (κ2) is 10.3. The molecule has 0 saturated carbocycles. The van der Waals surface area contributed by atoms with Crippen molar-refractivity contribution in [1.82, 2.24) is 10.2 Å². The Bertz CT molecular complexity index is 899. The molecular formula is C23H28F2N2O4. The molecule has 1 N–H and O–H groups in total. The molecule has 1 heterocycles. The zero-order valence-corrected chi connectivity index (χ0v) is 18.0. The van der Waals surface area contributed by atoms with Gasteiger partial charge in [-0.25, -0.2) is 4.79 Å². The average molecular weight is 434 g/mol. The summed E-state index contributed by atoms with van der Waals surface area (Å²) in [4.78, 5) is 14.3. The fourth-order valence-electron chi connectivity index (χ4n) is 3.50. The summed E-state index contributed by atoms with van der Waals surface area (Å²) >= 11 is 0. The molecule has 3 rings (SSSR count). The molecule has 0 bridgehead atoms. The van der Waals surface area contributed by atoms with E-state index in [1.54, 1.807) is 17.0 Å². The summed E-state index contributed by atoms with van der Waals surface area (Å²) in [5.74, 6) is 1.05. The van der Waals surface area contributed by atoms with E-state index >= 15 is 0 Å². The van der Waals surface area contributed by atoms with E-state index in [4.69, 9.17) is 9.47 Å². The van der Waals surface area contributed by atoms with E-state index in [9.17, 15) is 13.6 Å². The number of hydrogen-bond donors (Lipinski definition) is 1. The van der Waals surface area contributed by atoms with Gasteiger partial charge in [-0.05, 0) is 48.7 Å². The second-order valence-corrected chi connectivity index (χ2v) is 7.60. The summed E-state index contributed by atoms with van der Waals surface area (Å²) in [6, 6.07) is 10.6. The molecule has 1 aliphatic heterocycles. The van der Waals surface area contributed by atoms with Crippen LogP contribution >= 0.6 is 0 Å². The van der Waals surface area contributed by atoms with Crippen molar-refractivity contribution in [2.24, 2.45) is 0 Å². The van der Waals surface area contributed by atoms with Gasteiger partial charge in [0, 0.05) is 32.5 Å². The van der Waals surface area contributed by atoms with Gasteiger partial charge >= 0.3 is 12.6 Å². The van der Waals surface area contributed by atoms with Crippen molar-refractivity contribution in [3.63, 3.8) is 0 Å². The maximum atomic E-state index is 12.5. The van der Waals surface area contributed by atoms with Crippen molar-refractivity contribution in [2.45, 2.75) is 45.9 Å². The standard InChI is InChI=1S/C23H28F2N2O4/c1-15-4-5-16(2)20(12-15)30-18-8-10-27(11-9-18)23(28)26-14-17-6-7-19(31-22(24)25)21(13-17)29-3/h4-7,12-13,18,22H,8-11,14H2,1-3H3,(H,26,28). The van der Waals surface area contributed by atoms with E-state index in [0.717, 1.165) is 35.3 Å². The molecule has 1 saturated heterocycles. The lowest BCUT2D eigenvalue weighted by atomic mass is 10.1. The molecule has 8 heteroatoms. The van der Waals surface area contributed by atoms with Crippen LogP contribution in [-0.4, -0.2) is 43.8 Å². The van der Waals surface area contributed by atoms with Crippen molar-refractivity contribution in [3.8, 4) is 17.2 Å². The molecule has 0 unspecified atom stereocenters. The molecule has 0 radical (unpaired) electrons. The van der Waals surface area contributed by atoms with Crippen LogP contribution < -0.4 is 19.5 Å². The van der Waals surface area contributed by atoms with Crippen LogP contribution in [0.5, 0.6) is 17.2 Å². The number of aryl methyl sites for hydroxylation is 2. The van der Waals surface area contributed by atoms with Crippen molar-refractivity contribution >= 4 is 6.03 Å². The molecule has 0 spiro atoms. The molecule has 2 aromatic rings. The largest absolute Gasteiger partial charge is 0.493 e. The molecule has 0 aliphatic carbocycles. The number of benzene rings is 2. The third-order valence-corrected chi connectivity index (χ3v) is 5.25. The Hall–Kier alpha value is -3.03. The summed E-state index contributed by atoms with van der Waals surface area (Å²) in [7, 11) is 1.38. The smallest absolute Gasteiger partial charge is 0.387 e. The zero-order chi connectivity index (χ0) is 22.4. The Kier molecular flexibility index (Phi) is 7.55. The molecule has 1 fully saturated rings. The highest BCUT2D eigenvalue weighted by atomic mass is 19.3. The number of urea groups is 1. The van der Waals surface area contributed by atoms with Crippen LogP contribution in [0.4, 0.5) is 13.6 Å². The number of nitrogens with one attached hydrogen (secondary N) is 1. The number of carbonyl (C=O) groups excluding carboxylic acids is 1. The van der Waals surface area contributed by atoms with E-state index in [1.807, 2.05) is 26.0 Å². The Balaban J connectivity index is 1.48. The highest BCUT2D eigenvalue weighted by Gasteiger charge is 2.24. The predicted octanol–water partition coefficient (Wildman–Crippen LogP) is 4.67. The van der Waals surface area contributed by atoms with Gasteiger partial charge in [-0.15, -0.1) is 0 Å². The number of piperidine rings is 1. The van der Waals surface area contributed by atoms with Crippen LogP contribution in [0.25, 0.3) is 0 Å². The lowest BCUT2D eigenvalue weighted by molar-refractivity contribution is -0.0512. The van der Waals surface area contributed by atoms with Crippen LogP contribution in [0.3, 0.4) is 0 Å². The highest BCUT2D eigenvalue weighted by molar-refractivity contribution is 5.74. The summed E-state index contributed by atoms with van der Waals surface area (Å²) in [5, 5.41) is 2.86. The third-order valence-electron chi connectivity index (χ3n) is 5.25. The molecule has 2 amide bonds. The predicted molar refractivity (Wildman–Crippen MR) is 113 cm³/mol. The Labute approximate surface area is 181 Å². The van der Waals surface area contributed by atoms with Crippen molar-refractivity contribution in [1.29, 1.82) is 0 Å². The fourth-order valence-corrected chi connectivity index (χ4v) is 3.50. The number of halogens is 2. The first-order chi connectivity index (χ1) is 14.9. The minimum absolute atomic E-state index is 0.0431. The topological polar surface area (TPSA) is 60.0 Å². The van der Waals surface area contributed by atoms with E-state index in [2.05, 4.69) is 16.1 Å². The van der Waals surface area contributed by atoms with E-state index in [1.165, 1.54) is 13.2 Å². The van der Waals surface area contributed by atoms with Gasteiger partial charge < -0.3 is 24.4 Å². The Morgan fingerprint density at radius 2 is 1.84 bits per heavy atom. The summed E-state index contributed by atoms with van der Waals surface area (Å²) in [5.41, 5.74) is 2.98. The zero-order valence-electron chi connectivity index (χ0n) is 18.0. The van der Waals surface area contributed by atoms with E-state index < -0.39 is 6.61 Å². The van der Waals surface area contributed by atoms with Crippen molar-refractivity contribution in [2.75, 3.05) is 20.2 Å². The molecule has 31 heavy (non-hydrogen) atoms. The number of rotatable bonds is 7. The van der Waals surface area contributed by atoms with Gasteiger partial charge in [-0.1, -0.05) is 18.2 Å². The normalized spacial score (nSPS) is 14.5. The number of methoxy groups -OCH3 is 1. The fraction of sp³-hybridized carbons (Fsp3) is 0.435. The molecule has 0 aromatic heterocycles. The van der Waals surface area contributed by atoms with Crippen LogP contribution in [0.15, 0.2) is 36.4 Å². The van der Waals surface area contributed by atoms with Gasteiger partial charge in [0.05, 0.1) is 7.11 Å². The highest BCUT2D eigenvalue weighted by Crippen LogP contribution is 2.29. The number of alkyl halides is 2. The maximum absolute atomic E-state index is 12.5. The molecule has 1 aliphatic rings. The molecule has 168 valence electrons. The number of likely N-dealkylation sites (tertiary alicyclic amines) is 1. The first-order valence-corrected chi connectivity index (χ1v) is 10.2. The first kappa shape index (κ1) is 22.7. The van der Waals surface area contributed by atoms with Gasteiger partial charge in [0.1, 0.15) is 11.9 Å².